The lowest BCUT2D eigenvalue weighted by Crippen LogP contribution is -2.12. The van der Waals surface area contributed by atoms with Crippen molar-refractivity contribution >= 4 is 17.7 Å². The van der Waals surface area contributed by atoms with Crippen LogP contribution in [-0.4, -0.2) is 22.1 Å². The van der Waals surface area contributed by atoms with Gasteiger partial charge in [-0.2, -0.15) is 0 Å². The molecule has 0 spiro atoms. The number of carbonyl (C=O) groups is 2. The van der Waals surface area contributed by atoms with E-state index in [4.69, 9.17) is 5.11 Å². The Labute approximate surface area is 95.9 Å². The van der Waals surface area contributed by atoms with Crippen LogP contribution >= 0.6 is 0 Å². The zero-order chi connectivity index (χ0) is 12.3. The minimum atomic E-state index is -1.08. The molecular weight excluding hydrogens is 224 g/mol. The van der Waals surface area contributed by atoms with Crippen molar-refractivity contribution in [3.8, 4) is 0 Å². The molecule has 0 aliphatic rings. The molecule has 0 aliphatic heterocycles. The van der Waals surface area contributed by atoms with E-state index in [2.05, 4.69) is 15.0 Å². The number of nitrogens with zero attached hydrogens (tertiary/aromatic N) is 1. The van der Waals surface area contributed by atoms with E-state index in [-0.39, 0.29) is 16.9 Å². The average Bonchev–Trinajstić information content (AvgIpc) is 2.82. The smallest absolute Gasteiger partial charge is 0.335 e. The second kappa shape index (κ2) is 4.48. The van der Waals surface area contributed by atoms with Gasteiger partial charge in [0.15, 0.2) is 5.82 Å². The molecule has 0 radical (unpaired) electrons. The Hall–Kier alpha value is -2.63. The van der Waals surface area contributed by atoms with Gasteiger partial charge in [-0.3, -0.25) is 4.79 Å². The molecule has 6 heteroatoms. The van der Waals surface area contributed by atoms with Crippen LogP contribution in [0.1, 0.15) is 20.7 Å². The monoisotopic (exact) mass is 232 g/mol. The quantitative estimate of drug-likeness (QED) is 0.838. The third-order valence-corrected chi connectivity index (χ3v) is 2.05. The molecule has 2 rings (SSSR count). The van der Waals surface area contributed by atoms with E-state index < -0.39 is 11.9 Å². The zero-order valence-corrected chi connectivity index (χ0v) is 8.58. The number of aromatic carboxylic acids is 1. The van der Waals surface area contributed by atoms with Gasteiger partial charge in [0.2, 0.25) is 0 Å². The molecule has 0 bridgehead atoms. The molecule has 1 aromatic heterocycles. The van der Waals surface area contributed by atoms with Gasteiger partial charge >= 0.3 is 5.97 Å². The number of benzene rings is 1. The third-order valence-electron chi connectivity index (χ3n) is 2.05. The maximum absolute atomic E-state index is 11.7. The molecule has 17 heavy (non-hydrogen) atoms. The van der Waals surface area contributed by atoms with E-state index in [1.54, 1.807) is 0 Å². The molecule has 0 saturated heterocycles. The Bertz CT molecular complexity index is 548. The first kappa shape index (κ1) is 10.9. The fraction of sp³-hybridized carbons (Fsp3) is 0. The minimum Gasteiger partial charge on any atom is -0.478 e. The Kier molecular flexibility index (Phi) is 2.87. The number of hydrogen-bond donors (Lipinski definition) is 2. The summed E-state index contributed by atoms with van der Waals surface area (Å²) >= 11 is 0. The maximum Gasteiger partial charge on any atom is 0.335 e. The first-order valence-corrected chi connectivity index (χ1v) is 4.72. The normalized spacial score (nSPS) is 9.88. The Morgan fingerprint density at radius 3 is 2.65 bits per heavy atom. The average molecular weight is 232 g/mol. The van der Waals surface area contributed by atoms with Crippen molar-refractivity contribution < 1.29 is 19.2 Å². The molecule has 86 valence electrons. The van der Waals surface area contributed by atoms with Crippen LogP contribution < -0.4 is 5.32 Å². The lowest BCUT2D eigenvalue weighted by atomic mass is 10.1. The molecule has 2 aromatic rings. The molecule has 1 aromatic carbocycles. The summed E-state index contributed by atoms with van der Waals surface area (Å²) in [5.41, 5.74) is 0.297. The van der Waals surface area contributed by atoms with Crippen LogP contribution in [0.5, 0.6) is 0 Å². The van der Waals surface area contributed by atoms with Crippen LogP contribution in [-0.2, 0) is 0 Å². The SMILES string of the molecule is O=C(O)c1cccc(C(=O)Nc2ccon2)c1. The Morgan fingerprint density at radius 2 is 2.00 bits per heavy atom. The third kappa shape index (κ3) is 2.49. The van der Waals surface area contributed by atoms with Gasteiger partial charge in [-0.25, -0.2) is 4.79 Å². The number of rotatable bonds is 3. The Morgan fingerprint density at radius 1 is 1.24 bits per heavy atom. The van der Waals surface area contributed by atoms with Crippen molar-refractivity contribution in [1.82, 2.24) is 5.16 Å². The van der Waals surface area contributed by atoms with Crippen molar-refractivity contribution in [2.45, 2.75) is 0 Å². The van der Waals surface area contributed by atoms with Crippen LogP contribution in [0.25, 0.3) is 0 Å². The maximum atomic E-state index is 11.7. The van der Waals surface area contributed by atoms with Gasteiger partial charge < -0.3 is 14.9 Å². The van der Waals surface area contributed by atoms with E-state index in [0.717, 1.165) is 0 Å². The summed E-state index contributed by atoms with van der Waals surface area (Å²) in [5.74, 6) is -1.25. The molecule has 0 atom stereocenters. The molecule has 1 heterocycles. The highest BCUT2D eigenvalue weighted by Gasteiger charge is 2.10. The minimum absolute atomic E-state index is 0.0535. The number of amides is 1. The van der Waals surface area contributed by atoms with Crippen molar-refractivity contribution in [2.24, 2.45) is 0 Å². The molecule has 2 N–H and O–H groups in total. The standard InChI is InChI=1S/C11H8N2O4/c14-10(12-9-4-5-17-13-9)7-2-1-3-8(6-7)11(15)16/h1-6H,(H,15,16)(H,12,13,14). The van der Waals surface area contributed by atoms with Gasteiger partial charge in [0.05, 0.1) is 5.56 Å². The fourth-order valence-electron chi connectivity index (χ4n) is 1.26. The summed E-state index contributed by atoms with van der Waals surface area (Å²) in [6.07, 6.45) is 1.32. The first-order valence-electron chi connectivity index (χ1n) is 4.72. The lowest BCUT2D eigenvalue weighted by Gasteiger charge is -2.02. The fourth-order valence-corrected chi connectivity index (χ4v) is 1.26. The summed E-state index contributed by atoms with van der Waals surface area (Å²) < 4.78 is 4.55. The van der Waals surface area contributed by atoms with Gasteiger partial charge in [-0.05, 0) is 18.2 Å². The van der Waals surface area contributed by atoms with Crippen LogP contribution in [0.15, 0.2) is 41.1 Å². The van der Waals surface area contributed by atoms with Crippen LogP contribution in [0.4, 0.5) is 5.82 Å². The first-order chi connectivity index (χ1) is 8.16. The topological polar surface area (TPSA) is 92.4 Å². The highest BCUT2D eigenvalue weighted by molar-refractivity contribution is 6.05. The second-order valence-electron chi connectivity index (χ2n) is 3.22. The summed E-state index contributed by atoms with van der Waals surface area (Å²) in [6, 6.07) is 7.20. The number of carbonyl (C=O) groups excluding carboxylic acids is 1. The van der Waals surface area contributed by atoms with E-state index >= 15 is 0 Å². The highest BCUT2D eigenvalue weighted by atomic mass is 16.5. The predicted octanol–water partition coefficient (Wildman–Crippen LogP) is 1.63. The zero-order valence-electron chi connectivity index (χ0n) is 8.58. The van der Waals surface area contributed by atoms with Gasteiger partial charge in [-0.1, -0.05) is 11.2 Å². The molecule has 0 saturated carbocycles. The molecule has 0 unspecified atom stereocenters. The van der Waals surface area contributed by atoms with E-state index in [0.29, 0.717) is 0 Å². The summed E-state index contributed by atoms with van der Waals surface area (Å²) in [5, 5.41) is 14.8. The number of hydrogen-bond acceptors (Lipinski definition) is 4. The van der Waals surface area contributed by atoms with Gasteiger partial charge in [-0.15, -0.1) is 0 Å². The van der Waals surface area contributed by atoms with Gasteiger partial charge in [0, 0.05) is 11.6 Å². The van der Waals surface area contributed by atoms with E-state index in [1.165, 1.54) is 36.6 Å². The number of carboxylic acid groups (broad SMARTS) is 1. The predicted molar refractivity (Wildman–Crippen MR) is 57.9 cm³/mol. The van der Waals surface area contributed by atoms with Crippen molar-refractivity contribution in [3.05, 3.63) is 47.7 Å². The number of aromatic nitrogens is 1. The van der Waals surface area contributed by atoms with E-state index in [1.807, 2.05) is 0 Å². The number of anilines is 1. The van der Waals surface area contributed by atoms with Crippen LogP contribution in [0.2, 0.25) is 0 Å². The molecule has 0 fully saturated rings. The van der Waals surface area contributed by atoms with Crippen molar-refractivity contribution in [2.75, 3.05) is 5.32 Å². The van der Waals surface area contributed by atoms with Crippen molar-refractivity contribution in [1.29, 1.82) is 0 Å². The van der Waals surface area contributed by atoms with Crippen LogP contribution in [0.3, 0.4) is 0 Å². The summed E-state index contributed by atoms with van der Waals surface area (Å²) in [6.45, 7) is 0. The highest BCUT2D eigenvalue weighted by Crippen LogP contribution is 2.09. The lowest BCUT2D eigenvalue weighted by molar-refractivity contribution is 0.0697. The Balaban J connectivity index is 2.19. The van der Waals surface area contributed by atoms with Crippen molar-refractivity contribution in [3.63, 3.8) is 0 Å². The largest absolute Gasteiger partial charge is 0.478 e. The summed E-state index contributed by atoms with van der Waals surface area (Å²) in [4.78, 5) is 22.4. The second-order valence-corrected chi connectivity index (χ2v) is 3.22. The van der Waals surface area contributed by atoms with E-state index in [9.17, 15) is 9.59 Å². The molecule has 6 nitrogen and oxygen atoms in total. The molecular formula is C11H8N2O4. The molecule has 0 aliphatic carbocycles. The molecule has 1 amide bonds. The van der Waals surface area contributed by atoms with Crippen LogP contribution in [0, 0.1) is 0 Å². The number of carboxylic acids is 1. The van der Waals surface area contributed by atoms with Gasteiger partial charge in [0.25, 0.3) is 5.91 Å². The summed E-state index contributed by atoms with van der Waals surface area (Å²) in [7, 11) is 0. The van der Waals surface area contributed by atoms with Gasteiger partial charge in [0.1, 0.15) is 6.26 Å². The number of nitrogens with one attached hydrogen (secondary N) is 1.